The lowest BCUT2D eigenvalue weighted by molar-refractivity contribution is -0.132. The molecule has 0 bridgehead atoms. The zero-order valence-electron chi connectivity index (χ0n) is 15.8. The van der Waals surface area contributed by atoms with E-state index < -0.39 is 21.7 Å². The minimum Gasteiger partial charge on any atom is -0.340 e. The van der Waals surface area contributed by atoms with Gasteiger partial charge >= 0.3 is 0 Å². The summed E-state index contributed by atoms with van der Waals surface area (Å²) in [4.78, 5) is 14.2. The highest BCUT2D eigenvalue weighted by molar-refractivity contribution is 7.89. The van der Waals surface area contributed by atoms with Gasteiger partial charge in [-0.05, 0) is 36.2 Å². The average molecular weight is 453 g/mol. The molecular weight excluding hydrogens is 434 g/mol. The quantitative estimate of drug-likeness (QED) is 0.594. The maximum absolute atomic E-state index is 13.3. The van der Waals surface area contributed by atoms with Crippen molar-refractivity contribution in [3.63, 3.8) is 0 Å². The molecule has 0 atom stereocenters. The molecule has 0 saturated carbocycles. The number of aromatic nitrogens is 2. The minimum absolute atomic E-state index is 0.117. The number of carbonyl (C=O) groups is 1. The van der Waals surface area contributed by atoms with E-state index in [2.05, 4.69) is 8.75 Å². The number of piperazine rings is 1. The van der Waals surface area contributed by atoms with Crippen LogP contribution in [0.3, 0.4) is 0 Å². The lowest BCUT2D eigenvalue weighted by Gasteiger charge is -2.34. The van der Waals surface area contributed by atoms with Gasteiger partial charge in [0.2, 0.25) is 15.9 Å². The molecule has 1 aliphatic rings. The molecule has 1 saturated heterocycles. The molecule has 158 valence electrons. The molecule has 0 aliphatic carbocycles. The number of hydrogen-bond donors (Lipinski definition) is 0. The largest absolute Gasteiger partial charge is 0.340 e. The lowest BCUT2D eigenvalue weighted by Crippen LogP contribution is -2.50. The van der Waals surface area contributed by atoms with E-state index in [0.29, 0.717) is 16.6 Å². The normalized spacial score (nSPS) is 15.6. The van der Waals surface area contributed by atoms with Crippen LogP contribution < -0.4 is 0 Å². The highest BCUT2D eigenvalue weighted by atomic mass is 32.2. The van der Waals surface area contributed by atoms with E-state index in [1.165, 1.54) is 16.4 Å². The monoisotopic (exact) mass is 452 g/mol. The molecule has 4 rings (SSSR count). The van der Waals surface area contributed by atoms with Gasteiger partial charge in [0.05, 0.1) is 11.7 Å². The molecular formula is C19H18F2N4O3S2. The summed E-state index contributed by atoms with van der Waals surface area (Å²) in [6, 6.07) is 8.43. The Balaban J connectivity index is 1.37. The number of amides is 1. The molecule has 2 aromatic carbocycles. The molecule has 7 nitrogen and oxygen atoms in total. The third kappa shape index (κ3) is 4.05. The molecule has 1 fully saturated rings. The van der Waals surface area contributed by atoms with Crippen LogP contribution in [0, 0.1) is 11.6 Å². The number of sulfonamides is 1. The first-order valence-corrected chi connectivity index (χ1v) is 11.5. The summed E-state index contributed by atoms with van der Waals surface area (Å²) in [7, 11) is -3.75. The van der Waals surface area contributed by atoms with Crippen LogP contribution in [0.4, 0.5) is 8.78 Å². The highest BCUT2D eigenvalue weighted by Crippen LogP contribution is 2.25. The van der Waals surface area contributed by atoms with Gasteiger partial charge in [-0.25, -0.2) is 17.2 Å². The molecule has 30 heavy (non-hydrogen) atoms. The van der Waals surface area contributed by atoms with Crippen molar-refractivity contribution in [1.29, 1.82) is 0 Å². The second-order valence-corrected chi connectivity index (χ2v) is 9.36. The fraction of sp³-hybridized carbons (Fsp3) is 0.316. The van der Waals surface area contributed by atoms with Crippen molar-refractivity contribution >= 4 is 38.7 Å². The number of hydrogen-bond acceptors (Lipinski definition) is 6. The second kappa shape index (κ2) is 8.32. The summed E-state index contributed by atoms with van der Waals surface area (Å²) >= 11 is 0.959. The Morgan fingerprint density at radius 2 is 1.80 bits per heavy atom. The summed E-state index contributed by atoms with van der Waals surface area (Å²) in [5, 5.41) is 0. The molecule has 3 aromatic rings. The van der Waals surface area contributed by atoms with Crippen LogP contribution in [0.5, 0.6) is 0 Å². The summed E-state index contributed by atoms with van der Waals surface area (Å²) in [6.07, 6.45) is 0.426. The Morgan fingerprint density at radius 1 is 1.03 bits per heavy atom. The van der Waals surface area contributed by atoms with Crippen LogP contribution in [0.15, 0.2) is 41.3 Å². The van der Waals surface area contributed by atoms with Crippen LogP contribution >= 0.6 is 11.7 Å². The fourth-order valence-electron chi connectivity index (χ4n) is 3.41. The van der Waals surface area contributed by atoms with Gasteiger partial charge in [-0.1, -0.05) is 12.1 Å². The van der Waals surface area contributed by atoms with Crippen LogP contribution in [0.25, 0.3) is 11.0 Å². The maximum Gasteiger partial charge on any atom is 0.245 e. The Hall–Kier alpha value is -2.50. The second-order valence-electron chi connectivity index (χ2n) is 6.92. The van der Waals surface area contributed by atoms with E-state index in [9.17, 15) is 22.0 Å². The van der Waals surface area contributed by atoms with Crippen molar-refractivity contribution in [2.75, 3.05) is 26.2 Å². The minimum atomic E-state index is -3.75. The molecule has 0 spiro atoms. The van der Waals surface area contributed by atoms with E-state index in [1.54, 1.807) is 17.0 Å². The van der Waals surface area contributed by atoms with Crippen LogP contribution in [0.1, 0.15) is 12.0 Å². The van der Waals surface area contributed by atoms with Gasteiger partial charge in [-0.2, -0.15) is 13.1 Å². The molecule has 2 heterocycles. The summed E-state index contributed by atoms with van der Waals surface area (Å²) in [6.45, 7) is 0.878. The molecule has 1 amide bonds. The predicted octanol–water partition coefficient (Wildman–Crippen LogP) is 2.44. The number of nitrogens with zero attached hydrogens (tertiary/aromatic N) is 4. The summed E-state index contributed by atoms with van der Waals surface area (Å²) < 4.78 is 61.9. The first kappa shape index (κ1) is 20.8. The maximum atomic E-state index is 13.3. The van der Waals surface area contributed by atoms with Gasteiger partial charge in [-0.15, -0.1) is 0 Å². The third-order valence-corrected chi connectivity index (χ3v) is 7.54. The zero-order valence-corrected chi connectivity index (χ0v) is 17.4. The van der Waals surface area contributed by atoms with Crippen LogP contribution in [-0.2, 0) is 21.2 Å². The van der Waals surface area contributed by atoms with Gasteiger partial charge < -0.3 is 4.90 Å². The number of halogens is 2. The highest BCUT2D eigenvalue weighted by Gasteiger charge is 2.31. The number of rotatable bonds is 5. The Morgan fingerprint density at radius 3 is 2.53 bits per heavy atom. The van der Waals surface area contributed by atoms with E-state index >= 15 is 0 Å². The summed E-state index contributed by atoms with van der Waals surface area (Å²) in [5.41, 5.74) is 1.42. The predicted molar refractivity (Wildman–Crippen MR) is 107 cm³/mol. The first-order valence-electron chi connectivity index (χ1n) is 9.29. The molecule has 11 heteroatoms. The van der Waals surface area contributed by atoms with Gasteiger partial charge in [0, 0.05) is 32.6 Å². The SMILES string of the molecule is O=C(CCc1ccc(F)c(F)c1)N1CCN(S(=O)(=O)c2cccc3nsnc23)CC1. The van der Waals surface area contributed by atoms with Gasteiger partial charge in [-0.3, -0.25) is 4.79 Å². The van der Waals surface area contributed by atoms with Gasteiger partial charge in [0.15, 0.2) is 11.6 Å². The fourth-order valence-corrected chi connectivity index (χ4v) is 5.59. The lowest BCUT2D eigenvalue weighted by atomic mass is 10.1. The van der Waals surface area contributed by atoms with Crippen molar-refractivity contribution in [2.45, 2.75) is 17.7 Å². The van der Waals surface area contributed by atoms with E-state index in [-0.39, 0.29) is 49.8 Å². The Labute approximate surface area is 176 Å². The molecule has 1 aromatic heterocycles. The Kier molecular flexibility index (Phi) is 5.76. The van der Waals surface area contributed by atoms with E-state index in [1.807, 2.05) is 0 Å². The van der Waals surface area contributed by atoms with Crippen LogP contribution in [0.2, 0.25) is 0 Å². The summed E-state index contributed by atoms with van der Waals surface area (Å²) in [5.74, 6) is -2.02. The van der Waals surface area contributed by atoms with Crippen molar-refractivity contribution in [1.82, 2.24) is 18.0 Å². The van der Waals surface area contributed by atoms with Gasteiger partial charge in [0.1, 0.15) is 15.9 Å². The standard InChI is InChI=1S/C19H18F2N4O3S2/c20-14-6-4-13(12-15(14)21)5-7-18(26)24-8-10-25(11-9-24)30(27,28)17-3-1-2-16-19(17)23-29-22-16/h1-4,6,12H,5,7-11H2. The number of carbonyl (C=O) groups excluding carboxylic acids is 1. The average Bonchev–Trinajstić information content (AvgIpc) is 3.23. The van der Waals surface area contributed by atoms with Crippen LogP contribution in [-0.4, -0.2) is 58.5 Å². The van der Waals surface area contributed by atoms with E-state index in [0.717, 1.165) is 23.9 Å². The van der Waals surface area contributed by atoms with Crippen molar-refractivity contribution < 1.29 is 22.0 Å². The molecule has 0 radical (unpaired) electrons. The number of benzene rings is 2. The number of fused-ring (bicyclic) bond motifs is 1. The molecule has 0 N–H and O–H groups in total. The van der Waals surface area contributed by atoms with Gasteiger partial charge in [0.25, 0.3) is 0 Å². The number of aryl methyl sites for hydroxylation is 1. The molecule has 1 aliphatic heterocycles. The van der Waals surface area contributed by atoms with E-state index in [4.69, 9.17) is 0 Å². The Bertz CT molecular complexity index is 1190. The van der Waals surface area contributed by atoms with Crippen molar-refractivity contribution in [2.24, 2.45) is 0 Å². The topological polar surface area (TPSA) is 83.5 Å². The third-order valence-electron chi connectivity index (χ3n) is 5.07. The van der Waals surface area contributed by atoms with Crippen molar-refractivity contribution in [3.05, 3.63) is 53.6 Å². The first-order chi connectivity index (χ1) is 14.4. The zero-order chi connectivity index (χ0) is 21.3. The molecule has 0 unspecified atom stereocenters. The van der Waals surface area contributed by atoms with Crippen molar-refractivity contribution in [3.8, 4) is 0 Å². The smallest absolute Gasteiger partial charge is 0.245 e.